The zero-order valence-corrected chi connectivity index (χ0v) is 27.0. The molecule has 1 aromatic rings. The Balaban J connectivity index is 0. The van der Waals surface area contributed by atoms with Crippen molar-refractivity contribution in [3.05, 3.63) is 27.8 Å². The summed E-state index contributed by atoms with van der Waals surface area (Å²) in [6.07, 6.45) is -0.409. The van der Waals surface area contributed by atoms with E-state index >= 15 is 0 Å². The smallest absolute Gasteiger partial charge is 0.303 e. The van der Waals surface area contributed by atoms with Crippen molar-refractivity contribution in [2.24, 2.45) is 0 Å². The van der Waals surface area contributed by atoms with Crippen molar-refractivity contribution >= 4 is 40.3 Å². The van der Waals surface area contributed by atoms with E-state index in [0.717, 1.165) is 0 Å². The molecule has 1 saturated heterocycles. The second-order valence-electron chi connectivity index (χ2n) is 8.53. The van der Waals surface area contributed by atoms with E-state index in [1.54, 1.807) is 34.6 Å². The van der Waals surface area contributed by atoms with E-state index in [-0.39, 0.29) is 43.1 Å². The van der Waals surface area contributed by atoms with Gasteiger partial charge in [-0.05, 0) is 62.9 Å². The van der Waals surface area contributed by atoms with Crippen LogP contribution in [0.25, 0.3) is 0 Å². The Labute approximate surface area is 244 Å². The molecule has 0 spiro atoms. The fraction of sp³-hybridized carbons (Fsp3) is 0.655. The van der Waals surface area contributed by atoms with Gasteiger partial charge >= 0.3 is 5.97 Å². The number of amides is 2. The highest BCUT2D eigenvalue weighted by Crippen LogP contribution is 2.33. The Morgan fingerprint density at radius 2 is 1.52 bits per heavy atom. The fourth-order valence-electron chi connectivity index (χ4n) is 4.02. The lowest BCUT2D eigenvalue weighted by atomic mass is 9.90. The average molecular weight is 589 g/mol. The Morgan fingerprint density at radius 1 is 1.00 bits per heavy atom. The van der Waals surface area contributed by atoms with E-state index in [9.17, 15) is 24.3 Å². The monoisotopic (exact) mass is 588 g/mol. The number of carbonyl (C=O) groups excluding carboxylic acids is 4. The number of hydrogen-bond acceptors (Lipinski definition) is 8. The molecule has 10 nitrogen and oxygen atoms in total. The highest BCUT2D eigenvalue weighted by molar-refractivity contribution is 6.68. The molecule has 1 unspecified atom stereocenters. The van der Waals surface area contributed by atoms with Gasteiger partial charge in [0.05, 0.1) is 13.2 Å². The largest absolute Gasteiger partial charge is 0.456 e. The number of anilines is 1. The first-order valence-electron chi connectivity index (χ1n) is 13.8. The third kappa shape index (κ3) is 11.5. The van der Waals surface area contributed by atoms with Gasteiger partial charge in [0.15, 0.2) is 12.4 Å². The zero-order valence-electron chi connectivity index (χ0n) is 26.2. The number of aliphatic hydroxyl groups excluding tert-OH is 1. The molecule has 2 amide bonds. The van der Waals surface area contributed by atoms with Crippen LogP contribution in [0.2, 0.25) is 0 Å². The molecule has 11 heteroatoms. The van der Waals surface area contributed by atoms with E-state index < -0.39 is 41.5 Å². The van der Waals surface area contributed by atoms with E-state index in [2.05, 4.69) is 5.32 Å². The van der Waals surface area contributed by atoms with Crippen LogP contribution >= 0.6 is 11.6 Å². The summed E-state index contributed by atoms with van der Waals surface area (Å²) in [5.74, 6) is -2.51. The van der Waals surface area contributed by atoms with Gasteiger partial charge < -0.3 is 29.5 Å². The topological polar surface area (TPSA) is 131 Å². The quantitative estimate of drug-likeness (QED) is 0.299. The molecule has 1 aliphatic rings. The fourth-order valence-corrected chi connectivity index (χ4v) is 4.30. The first kappa shape index (κ1) is 39.6. The molecule has 0 saturated carbocycles. The van der Waals surface area contributed by atoms with Crippen LogP contribution in [0.4, 0.5) is 5.69 Å². The van der Waals surface area contributed by atoms with Gasteiger partial charge in [0.25, 0.3) is 17.1 Å². The number of nitrogens with one attached hydrogen (secondary N) is 1. The summed E-state index contributed by atoms with van der Waals surface area (Å²) in [5, 5.41) is 11.4. The third-order valence-electron chi connectivity index (χ3n) is 5.48. The molecule has 0 aromatic heterocycles. The average Bonchev–Trinajstić information content (AvgIpc) is 3.26. The van der Waals surface area contributed by atoms with Gasteiger partial charge in [-0.15, -0.1) is 0 Å². The van der Waals surface area contributed by atoms with Gasteiger partial charge in [0.2, 0.25) is 0 Å². The number of esters is 1. The number of rotatable bonds is 9. The Bertz CT molecular complexity index is 995. The molecule has 2 N–H and O–H groups in total. The minimum absolute atomic E-state index is 0.0180. The van der Waals surface area contributed by atoms with Gasteiger partial charge in [-0.3, -0.25) is 19.2 Å². The third-order valence-corrected chi connectivity index (χ3v) is 5.67. The predicted octanol–water partition coefficient (Wildman–Crippen LogP) is 5.16. The van der Waals surface area contributed by atoms with Crippen molar-refractivity contribution < 1.29 is 38.5 Å². The molecule has 230 valence electrons. The van der Waals surface area contributed by atoms with Gasteiger partial charge in [-0.1, -0.05) is 41.5 Å². The predicted molar refractivity (Wildman–Crippen MR) is 158 cm³/mol. The SMILES string of the molecule is CC.CC.CC.CC(=O)OCC(=O)Nc1c(C)c(C(=O)Cl)c(C)c(C(=O)N(CCO)CC2COC(C)(C)O2)c1C. The highest BCUT2D eigenvalue weighted by atomic mass is 35.5. The number of hydrogen-bond donors (Lipinski definition) is 2. The summed E-state index contributed by atoms with van der Waals surface area (Å²) in [4.78, 5) is 50.7. The number of halogens is 1. The maximum atomic E-state index is 13.6. The lowest BCUT2D eigenvalue weighted by molar-refractivity contribution is -0.145. The van der Waals surface area contributed by atoms with Gasteiger partial charge in [0, 0.05) is 36.8 Å². The van der Waals surface area contributed by atoms with E-state index in [1.807, 2.05) is 41.5 Å². The zero-order chi connectivity index (χ0) is 31.8. The molecule has 40 heavy (non-hydrogen) atoms. The van der Waals surface area contributed by atoms with E-state index in [4.69, 9.17) is 25.8 Å². The van der Waals surface area contributed by atoms with Gasteiger partial charge in [-0.2, -0.15) is 0 Å². The second-order valence-corrected chi connectivity index (χ2v) is 8.87. The van der Waals surface area contributed by atoms with Crippen LogP contribution in [-0.4, -0.2) is 77.8 Å². The standard InChI is InChI=1S/C23H31ClN2O8.3C2H6/c1-12-18(21(24)30)13(2)20(25-17(29)11-32-15(4)28)14(3)19(12)22(31)26(7-8-27)9-16-10-33-23(5,6)34-16;3*1-2/h16,27H,7-11H2,1-6H3,(H,25,29);3*1-2H3. The number of ether oxygens (including phenoxy) is 3. The molecular formula is C29H49ClN2O8. The second kappa shape index (κ2) is 19.5. The van der Waals surface area contributed by atoms with Gasteiger partial charge in [0.1, 0.15) is 6.10 Å². The van der Waals surface area contributed by atoms with Crippen molar-refractivity contribution in [3.63, 3.8) is 0 Å². The Kier molecular flexibility index (Phi) is 19.3. The first-order valence-corrected chi connectivity index (χ1v) is 14.2. The Morgan fingerprint density at radius 3 is 1.95 bits per heavy atom. The molecule has 1 aliphatic heterocycles. The van der Waals surface area contributed by atoms with Crippen LogP contribution in [0.1, 0.15) is 99.7 Å². The molecule has 1 aromatic carbocycles. The first-order chi connectivity index (χ1) is 18.8. The molecule has 0 bridgehead atoms. The Hall–Kier alpha value is -2.53. The summed E-state index contributed by atoms with van der Waals surface area (Å²) >= 11 is 5.84. The number of carbonyl (C=O) groups is 4. The minimum Gasteiger partial charge on any atom is -0.456 e. The number of benzene rings is 1. The highest BCUT2D eigenvalue weighted by Gasteiger charge is 2.35. The number of aliphatic hydroxyl groups is 1. The van der Waals surface area contributed by atoms with E-state index in [0.29, 0.717) is 16.7 Å². The maximum absolute atomic E-state index is 13.6. The molecule has 0 radical (unpaired) electrons. The molecule has 1 heterocycles. The molecule has 1 fully saturated rings. The van der Waals surface area contributed by atoms with Crippen molar-refractivity contribution in [1.29, 1.82) is 0 Å². The molecular weight excluding hydrogens is 540 g/mol. The van der Waals surface area contributed by atoms with Crippen LogP contribution in [-0.2, 0) is 23.8 Å². The number of nitrogens with zero attached hydrogens (tertiary/aromatic N) is 1. The van der Waals surface area contributed by atoms with Crippen LogP contribution in [0.5, 0.6) is 0 Å². The van der Waals surface area contributed by atoms with Gasteiger partial charge in [-0.25, -0.2) is 0 Å². The van der Waals surface area contributed by atoms with Crippen LogP contribution < -0.4 is 5.32 Å². The minimum atomic E-state index is -0.789. The molecule has 0 aliphatic carbocycles. The summed E-state index contributed by atoms with van der Waals surface area (Å²) in [5.41, 5.74) is 1.62. The van der Waals surface area contributed by atoms with Crippen molar-refractivity contribution in [2.75, 3.05) is 38.2 Å². The van der Waals surface area contributed by atoms with Crippen molar-refractivity contribution in [1.82, 2.24) is 4.90 Å². The van der Waals surface area contributed by atoms with Crippen LogP contribution in [0.15, 0.2) is 0 Å². The summed E-state index contributed by atoms with van der Waals surface area (Å²) in [6.45, 7) is 21.2. The maximum Gasteiger partial charge on any atom is 0.303 e. The lowest BCUT2D eigenvalue weighted by Crippen LogP contribution is -2.41. The van der Waals surface area contributed by atoms with Crippen molar-refractivity contribution in [3.8, 4) is 0 Å². The van der Waals surface area contributed by atoms with E-state index in [1.165, 1.54) is 11.8 Å². The molecule has 1 atom stereocenters. The lowest BCUT2D eigenvalue weighted by Gasteiger charge is -2.28. The van der Waals surface area contributed by atoms with Crippen LogP contribution in [0, 0.1) is 20.8 Å². The summed E-state index contributed by atoms with van der Waals surface area (Å²) in [6, 6.07) is 0. The normalized spacial score (nSPS) is 14.7. The van der Waals surface area contributed by atoms with Crippen molar-refractivity contribution in [2.45, 2.75) is 95.0 Å². The molecule has 2 rings (SSSR count). The van der Waals surface area contributed by atoms with Crippen LogP contribution in [0.3, 0.4) is 0 Å². The summed E-state index contributed by atoms with van der Waals surface area (Å²) in [7, 11) is 0. The summed E-state index contributed by atoms with van der Waals surface area (Å²) < 4.78 is 16.1.